The summed E-state index contributed by atoms with van der Waals surface area (Å²) in [5.74, 6) is 0.816. The number of alkyl halides is 1. The number of carbonyl (C=O) groups excluding carboxylic acids is 2. The standard InChI is InChI=1S/C34H31ClN4O4/c1-36-27-13-29-33(25-10-6-5-9-24(25)27)22(15-35)18-39(29)32(40)19-43-31-14-28-26(12-30(31)42-2)34(41)38-17-21-8-4-3-7-20(21)11-23(38)16-37-28/h3-10,12-14,16,22-23,36H,11,15,17-19H2,1-2H3/t22-,23+/m1/s1. The van der Waals surface area contributed by atoms with Gasteiger partial charge in [-0.2, -0.15) is 0 Å². The molecule has 4 aromatic rings. The van der Waals surface area contributed by atoms with Gasteiger partial charge in [-0.05, 0) is 40.6 Å². The van der Waals surface area contributed by atoms with E-state index in [4.69, 9.17) is 26.1 Å². The average Bonchev–Trinajstić information content (AvgIpc) is 3.37. The number of methoxy groups -OCH3 is 1. The smallest absolute Gasteiger partial charge is 0.264 e. The Labute approximate surface area is 254 Å². The summed E-state index contributed by atoms with van der Waals surface area (Å²) in [7, 11) is 3.40. The second-order valence-corrected chi connectivity index (χ2v) is 11.4. The van der Waals surface area contributed by atoms with E-state index in [9.17, 15) is 9.59 Å². The van der Waals surface area contributed by atoms with Gasteiger partial charge in [0.1, 0.15) is 0 Å². The number of hydrogen-bond donors (Lipinski definition) is 1. The minimum Gasteiger partial charge on any atom is -0.493 e. The van der Waals surface area contributed by atoms with Gasteiger partial charge in [0.25, 0.3) is 11.8 Å². The van der Waals surface area contributed by atoms with Crippen LogP contribution in [0.4, 0.5) is 17.1 Å². The third-order valence-corrected chi connectivity index (χ3v) is 9.09. The molecule has 0 saturated heterocycles. The lowest BCUT2D eigenvalue weighted by Crippen LogP contribution is -2.44. The van der Waals surface area contributed by atoms with E-state index in [0.717, 1.165) is 33.3 Å². The number of ether oxygens (including phenoxy) is 2. The number of carbonyl (C=O) groups is 2. The van der Waals surface area contributed by atoms with E-state index < -0.39 is 0 Å². The van der Waals surface area contributed by atoms with E-state index in [1.165, 1.54) is 12.7 Å². The number of hydrogen-bond acceptors (Lipinski definition) is 6. The molecule has 0 fully saturated rings. The van der Waals surface area contributed by atoms with E-state index >= 15 is 0 Å². The lowest BCUT2D eigenvalue weighted by atomic mass is 9.94. The van der Waals surface area contributed by atoms with Crippen LogP contribution in [-0.4, -0.2) is 62.2 Å². The topological polar surface area (TPSA) is 83.5 Å². The summed E-state index contributed by atoms with van der Waals surface area (Å²) in [5.41, 5.74) is 6.16. The van der Waals surface area contributed by atoms with Gasteiger partial charge in [0, 0.05) is 55.3 Å². The van der Waals surface area contributed by atoms with Crippen LogP contribution in [0.25, 0.3) is 10.8 Å². The van der Waals surface area contributed by atoms with Crippen molar-refractivity contribution in [3.05, 3.63) is 89.0 Å². The highest BCUT2D eigenvalue weighted by Gasteiger charge is 2.36. The number of amides is 2. The van der Waals surface area contributed by atoms with Gasteiger partial charge in [0.15, 0.2) is 18.1 Å². The zero-order valence-electron chi connectivity index (χ0n) is 24.0. The Morgan fingerprint density at radius 2 is 1.81 bits per heavy atom. The molecule has 2 atom stereocenters. The molecule has 0 aliphatic carbocycles. The van der Waals surface area contributed by atoms with Crippen LogP contribution < -0.4 is 19.7 Å². The predicted octanol–water partition coefficient (Wildman–Crippen LogP) is 5.92. The fourth-order valence-corrected chi connectivity index (χ4v) is 6.81. The Morgan fingerprint density at radius 3 is 2.58 bits per heavy atom. The van der Waals surface area contributed by atoms with E-state index in [0.29, 0.717) is 48.1 Å². The third-order valence-electron chi connectivity index (χ3n) is 8.72. The first kappa shape index (κ1) is 27.3. The van der Waals surface area contributed by atoms with E-state index in [2.05, 4.69) is 29.6 Å². The number of nitrogens with one attached hydrogen (secondary N) is 1. The van der Waals surface area contributed by atoms with Crippen molar-refractivity contribution in [2.75, 3.05) is 43.4 Å². The van der Waals surface area contributed by atoms with Crippen molar-refractivity contribution in [1.82, 2.24) is 4.90 Å². The second kappa shape index (κ2) is 10.9. The van der Waals surface area contributed by atoms with Gasteiger partial charge in [0.05, 0.1) is 30.1 Å². The van der Waals surface area contributed by atoms with E-state index in [1.54, 1.807) is 17.0 Å². The third kappa shape index (κ3) is 4.57. The Hall–Kier alpha value is -4.56. The van der Waals surface area contributed by atoms with Gasteiger partial charge >= 0.3 is 0 Å². The van der Waals surface area contributed by atoms with Crippen LogP contribution >= 0.6 is 11.6 Å². The zero-order valence-corrected chi connectivity index (χ0v) is 24.7. The number of halogens is 1. The zero-order chi connectivity index (χ0) is 29.7. The highest BCUT2D eigenvalue weighted by atomic mass is 35.5. The summed E-state index contributed by atoms with van der Waals surface area (Å²) in [4.78, 5) is 35.6. The van der Waals surface area contributed by atoms with Crippen molar-refractivity contribution in [1.29, 1.82) is 0 Å². The molecule has 1 N–H and O–H groups in total. The molecule has 0 unspecified atom stereocenters. The molecule has 0 radical (unpaired) electrons. The number of rotatable bonds is 6. The van der Waals surface area contributed by atoms with Crippen LogP contribution in [0.3, 0.4) is 0 Å². The maximum Gasteiger partial charge on any atom is 0.264 e. The lowest BCUT2D eigenvalue weighted by molar-refractivity contribution is -0.120. The maximum absolute atomic E-state index is 13.7. The SMILES string of the molecule is CNc1cc2c(c3ccccc13)[C@H](CCl)CN2C(=O)COc1cc2c(cc1OC)C(=O)N1Cc3ccccc3C[C@H]1C=N2. The monoisotopic (exact) mass is 594 g/mol. The molecule has 8 nitrogen and oxygen atoms in total. The van der Waals surface area contributed by atoms with Crippen molar-refractivity contribution in [3.63, 3.8) is 0 Å². The van der Waals surface area contributed by atoms with Crippen molar-refractivity contribution < 1.29 is 19.1 Å². The molecule has 218 valence electrons. The predicted molar refractivity (Wildman–Crippen MR) is 170 cm³/mol. The van der Waals surface area contributed by atoms with Crippen LogP contribution in [-0.2, 0) is 17.8 Å². The molecule has 4 aromatic carbocycles. The first-order chi connectivity index (χ1) is 21.0. The minimum atomic E-state index is -0.215. The summed E-state index contributed by atoms with van der Waals surface area (Å²) in [6, 6.07) is 21.6. The molecule has 3 aliphatic heterocycles. The van der Waals surface area contributed by atoms with Crippen molar-refractivity contribution >= 4 is 57.5 Å². The molecule has 3 aliphatic rings. The Morgan fingerprint density at radius 1 is 1.05 bits per heavy atom. The van der Waals surface area contributed by atoms with Crippen molar-refractivity contribution in [3.8, 4) is 11.5 Å². The molecular formula is C34H31ClN4O4. The largest absolute Gasteiger partial charge is 0.493 e. The molecule has 0 spiro atoms. The van der Waals surface area contributed by atoms with Gasteiger partial charge in [-0.25, -0.2) is 0 Å². The lowest BCUT2D eigenvalue weighted by Gasteiger charge is -2.34. The average molecular weight is 595 g/mol. The minimum absolute atomic E-state index is 0.00322. The summed E-state index contributed by atoms with van der Waals surface area (Å²) < 4.78 is 11.7. The number of anilines is 2. The molecule has 43 heavy (non-hydrogen) atoms. The van der Waals surface area contributed by atoms with Crippen LogP contribution in [0.15, 0.2) is 71.7 Å². The summed E-state index contributed by atoms with van der Waals surface area (Å²) in [6.07, 6.45) is 2.54. The molecule has 7 rings (SSSR count). The van der Waals surface area contributed by atoms with Crippen LogP contribution in [0.1, 0.15) is 33.0 Å². The highest BCUT2D eigenvalue weighted by molar-refractivity contribution is 6.19. The summed E-state index contributed by atoms with van der Waals surface area (Å²) >= 11 is 6.41. The van der Waals surface area contributed by atoms with Crippen molar-refractivity contribution in [2.24, 2.45) is 4.99 Å². The van der Waals surface area contributed by atoms with Crippen LogP contribution in [0.2, 0.25) is 0 Å². The summed E-state index contributed by atoms with van der Waals surface area (Å²) in [5, 5.41) is 5.44. The molecular weight excluding hydrogens is 564 g/mol. The maximum atomic E-state index is 13.7. The quantitative estimate of drug-likeness (QED) is 0.280. The molecule has 2 amide bonds. The first-order valence-corrected chi connectivity index (χ1v) is 14.9. The Bertz CT molecular complexity index is 1810. The number of benzene rings is 4. The molecule has 0 aromatic heterocycles. The van der Waals surface area contributed by atoms with Gasteiger partial charge in [0.2, 0.25) is 0 Å². The van der Waals surface area contributed by atoms with Gasteiger partial charge < -0.3 is 24.6 Å². The van der Waals surface area contributed by atoms with Gasteiger partial charge in [-0.15, -0.1) is 11.6 Å². The molecule has 0 saturated carbocycles. The van der Waals surface area contributed by atoms with Crippen LogP contribution in [0.5, 0.6) is 11.5 Å². The van der Waals surface area contributed by atoms with Gasteiger partial charge in [-0.1, -0.05) is 48.5 Å². The van der Waals surface area contributed by atoms with Crippen molar-refractivity contribution in [2.45, 2.75) is 24.9 Å². The fourth-order valence-electron chi connectivity index (χ4n) is 6.56. The first-order valence-electron chi connectivity index (χ1n) is 14.4. The number of nitrogens with zero attached hydrogens (tertiary/aromatic N) is 3. The van der Waals surface area contributed by atoms with E-state index in [-0.39, 0.29) is 30.4 Å². The molecule has 9 heteroatoms. The number of aliphatic imine (C=N–C) groups is 1. The Balaban J connectivity index is 1.16. The molecule has 3 heterocycles. The van der Waals surface area contributed by atoms with Gasteiger partial charge in [-0.3, -0.25) is 14.6 Å². The Kier molecular flexibility index (Phi) is 6.94. The highest BCUT2D eigenvalue weighted by Crippen LogP contribution is 2.45. The second-order valence-electron chi connectivity index (χ2n) is 11.1. The summed E-state index contributed by atoms with van der Waals surface area (Å²) in [6.45, 7) is 0.774. The number of fused-ring (bicyclic) bond motifs is 6. The van der Waals surface area contributed by atoms with Crippen LogP contribution in [0, 0.1) is 0 Å². The normalized spacial score (nSPS) is 18.4. The van der Waals surface area contributed by atoms with E-state index in [1.807, 2.05) is 48.5 Å². The fraction of sp³-hybridized carbons (Fsp3) is 0.265. The molecule has 0 bridgehead atoms.